The summed E-state index contributed by atoms with van der Waals surface area (Å²) in [6.45, 7) is 2.37. The Bertz CT molecular complexity index is 876. The molecule has 4 rings (SSSR count). The number of methoxy groups -OCH3 is 1. The molecular weight excluding hydrogens is 334 g/mol. The molecule has 2 aromatic carbocycles. The predicted octanol–water partition coefficient (Wildman–Crippen LogP) is 3.25. The van der Waals surface area contributed by atoms with Crippen LogP contribution in [0.1, 0.15) is 0 Å². The number of rotatable bonds is 7. The lowest BCUT2D eigenvalue weighted by Crippen LogP contribution is -2.39. The van der Waals surface area contributed by atoms with Crippen LogP contribution in [-0.4, -0.2) is 39.5 Å². The molecule has 26 heavy (non-hydrogen) atoms. The maximum Gasteiger partial charge on any atom is 0.204 e. The fourth-order valence-corrected chi connectivity index (χ4v) is 2.94. The average Bonchev–Trinajstić information content (AvgIpc) is 3.16. The van der Waals surface area contributed by atoms with E-state index in [4.69, 9.17) is 23.4 Å². The first-order valence-corrected chi connectivity index (χ1v) is 8.61. The van der Waals surface area contributed by atoms with E-state index < -0.39 is 0 Å². The molecule has 1 atom stereocenters. The van der Waals surface area contributed by atoms with Crippen molar-refractivity contribution in [2.75, 3.05) is 33.4 Å². The van der Waals surface area contributed by atoms with Crippen LogP contribution in [0.15, 0.2) is 53.1 Å². The van der Waals surface area contributed by atoms with Crippen LogP contribution in [0.3, 0.4) is 0 Å². The highest BCUT2D eigenvalue weighted by atomic mass is 16.6. The van der Waals surface area contributed by atoms with Gasteiger partial charge in [0.25, 0.3) is 0 Å². The van der Waals surface area contributed by atoms with Gasteiger partial charge in [-0.2, -0.15) is 0 Å². The number of para-hydroxylation sites is 2. The molecule has 0 radical (unpaired) electrons. The zero-order valence-corrected chi connectivity index (χ0v) is 14.6. The molecule has 0 amide bonds. The third-order valence-corrected chi connectivity index (χ3v) is 4.22. The molecule has 0 fully saturated rings. The summed E-state index contributed by atoms with van der Waals surface area (Å²) in [5.41, 5.74) is 0.699. The summed E-state index contributed by atoms with van der Waals surface area (Å²) in [7, 11) is 1.62. The number of ether oxygens (including phenoxy) is 4. The van der Waals surface area contributed by atoms with Gasteiger partial charge in [0.1, 0.15) is 19.3 Å². The Morgan fingerprint density at radius 1 is 1.12 bits per heavy atom. The summed E-state index contributed by atoms with van der Waals surface area (Å²) in [4.78, 5) is 0. The second-order valence-corrected chi connectivity index (χ2v) is 5.99. The lowest BCUT2D eigenvalue weighted by molar-refractivity contribution is 0.0897. The predicted molar refractivity (Wildman–Crippen MR) is 97.5 cm³/mol. The number of furan rings is 1. The topological polar surface area (TPSA) is 62.1 Å². The quantitative estimate of drug-likeness (QED) is 0.657. The Kier molecular flexibility index (Phi) is 4.84. The average molecular weight is 355 g/mol. The van der Waals surface area contributed by atoms with Gasteiger partial charge in [0.2, 0.25) is 5.75 Å². The lowest BCUT2D eigenvalue weighted by Gasteiger charge is -2.26. The highest BCUT2D eigenvalue weighted by Gasteiger charge is 2.20. The Labute approximate surface area is 151 Å². The number of hydrogen-bond donors (Lipinski definition) is 1. The third kappa shape index (κ3) is 3.41. The van der Waals surface area contributed by atoms with Gasteiger partial charge in [-0.25, -0.2) is 0 Å². The molecule has 2 heterocycles. The largest absolute Gasteiger partial charge is 0.493 e. The fourth-order valence-electron chi connectivity index (χ4n) is 2.94. The van der Waals surface area contributed by atoms with Gasteiger partial charge in [0.15, 0.2) is 22.8 Å². The first kappa shape index (κ1) is 16.6. The second kappa shape index (κ2) is 7.58. The highest BCUT2D eigenvalue weighted by Crippen LogP contribution is 2.36. The van der Waals surface area contributed by atoms with Crippen LogP contribution in [-0.2, 0) is 0 Å². The summed E-state index contributed by atoms with van der Waals surface area (Å²) in [6.07, 6.45) is 1.63. The molecule has 1 aliphatic rings. The van der Waals surface area contributed by atoms with Gasteiger partial charge < -0.3 is 28.7 Å². The first-order valence-electron chi connectivity index (χ1n) is 8.61. The number of fused-ring (bicyclic) bond motifs is 2. The van der Waals surface area contributed by atoms with Gasteiger partial charge in [-0.1, -0.05) is 12.1 Å². The molecule has 0 spiro atoms. The van der Waals surface area contributed by atoms with Crippen molar-refractivity contribution in [3.8, 4) is 23.0 Å². The number of nitrogens with one attached hydrogen (secondary N) is 1. The van der Waals surface area contributed by atoms with Crippen molar-refractivity contribution in [2.45, 2.75) is 6.10 Å². The molecule has 6 heteroatoms. The SMILES string of the molecule is COc1ccc2ccoc2c1OCCNC[C@@H]1COc2ccccc2O1. The van der Waals surface area contributed by atoms with E-state index in [1.54, 1.807) is 13.4 Å². The molecule has 136 valence electrons. The molecule has 6 nitrogen and oxygen atoms in total. The van der Waals surface area contributed by atoms with Gasteiger partial charge >= 0.3 is 0 Å². The van der Waals surface area contributed by atoms with Crippen LogP contribution in [0.2, 0.25) is 0 Å². The Balaban J connectivity index is 1.27. The van der Waals surface area contributed by atoms with Crippen molar-refractivity contribution in [1.29, 1.82) is 0 Å². The van der Waals surface area contributed by atoms with Crippen LogP contribution in [0.25, 0.3) is 11.0 Å². The summed E-state index contributed by atoms with van der Waals surface area (Å²) >= 11 is 0. The van der Waals surface area contributed by atoms with Crippen molar-refractivity contribution in [3.05, 3.63) is 48.7 Å². The molecule has 3 aromatic rings. The molecule has 0 saturated carbocycles. The maximum atomic E-state index is 5.92. The number of hydrogen-bond acceptors (Lipinski definition) is 6. The van der Waals surface area contributed by atoms with Crippen LogP contribution >= 0.6 is 0 Å². The van der Waals surface area contributed by atoms with E-state index in [-0.39, 0.29) is 6.10 Å². The monoisotopic (exact) mass is 355 g/mol. The minimum Gasteiger partial charge on any atom is -0.493 e. The molecule has 0 aliphatic carbocycles. The van der Waals surface area contributed by atoms with Crippen LogP contribution in [0, 0.1) is 0 Å². The lowest BCUT2D eigenvalue weighted by atomic mass is 10.2. The normalized spacial score (nSPS) is 15.8. The minimum absolute atomic E-state index is 0.0204. The van der Waals surface area contributed by atoms with Crippen molar-refractivity contribution >= 4 is 11.0 Å². The summed E-state index contributed by atoms with van der Waals surface area (Å²) in [5, 5.41) is 4.32. The molecule has 1 aliphatic heterocycles. The maximum absolute atomic E-state index is 5.92. The van der Waals surface area contributed by atoms with Gasteiger partial charge in [-0.05, 0) is 30.3 Å². The molecular formula is C20H21NO5. The molecule has 1 N–H and O–H groups in total. The number of benzene rings is 2. The fraction of sp³-hybridized carbons (Fsp3) is 0.300. The first-order chi connectivity index (χ1) is 12.8. The molecule has 0 unspecified atom stereocenters. The molecule has 1 aromatic heterocycles. The van der Waals surface area contributed by atoms with Crippen molar-refractivity contribution in [1.82, 2.24) is 5.32 Å². The van der Waals surface area contributed by atoms with Gasteiger partial charge in [0, 0.05) is 18.5 Å². The Morgan fingerprint density at radius 2 is 2.00 bits per heavy atom. The second-order valence-electron chi connectivity index (χ2n) is 5.99. The zero-order valence-electron chi connectivity index (χ0n) is 14.6. The van der Waals surface area contributed by atoms with E-state index in [9.17, 15) is 0 Å². The van der Waals surface area contributed by atoms with E-state index in [0.29, 0.717) is 43.4 Å². The zero-order chi connectivity index (χ0) is 17.8. The molecule has 0 saturated heterocycles. The highest BCUT2D eigenvalue weighted by molar-refractivity contribution is 5.85. The third-order valence-electron chi connectivity index (χ3n) is 4.22. The van der Waals surface area contributed by atoms with Crippen molar-refractivity contribution in [2.24, 2.45) is 0 Å². The summed E-state index contributed by atoms with van der Waals surface area (Å²) < 4.78 is 28.4. The Hall–Kier alpha value is -2.86. The van der Waals surface area contributed by atoms with Crippen LogP contribution in [0.5, 0.6) is 23.0 Å². The Morgan fingerprint density at radius 3 is 2.88 bits per heavy atom. The van der Waals surface area contributed by atoms with Crippen LogP contribution < -0.4 is 24.3 Å². The van der Waals surface area contributed by atoms with E-state index >= 15 is 0 Å². The summed E-state index contributed by atoms with van der Waals surface area (Å²) in [6, 6.07) is 13.4. The van der Waals surface area contributed by atoms with E-state index in [1.165, 1.54) is 0 Å². The summed E-state index contributed by atoms with van der Waals surface area (Å²) in [5.74, 6) is 2.87. The van der Waals surface area contributed by atoms with Gasteiger partial charge in [0.05, 0.1) is 13.4 Å². The smallest absolute Gasteiger partial charge is 0.204 e. The van der Waals surface area contributed by atoms with Gasteiger partial charge in [-0.15, -0.1) is 0 Å². The minimum atomic E-state index is -0.0204. The van der Waals surface area contributed by atoms with Crippen LogP contribution in [0.4, 0.5) is 0 Å². The van der Waals surface area contributed by atoms with E-state index in [0.717, 1.165) is 16.9 Å². The van der Waals surface area contributed by atoms with Crippen molar-refractivity contribution in [3.63, 3.8) is 0 Å². The van der Waals surface area contributed by atoms with Gasteiger partial charge in [-0.3, -0.25) is 0 Å². The van der Waals surface area contributed by atoms with E-state index in [1.807, 2.05) is 42.5 Å². The molecule has 0 bridgehead atoms. The van der Waals surface area contributed by atoms with Crippen molar-refractivity contribution < 1.29 is 23.4 Å². The van der Waals surface area contributed by atoms with E-state index in [2.05, 4.69) is 5.32 Å². The standard InChI is InChI=1S/C20H21NO5/c1-22-18-7-6-14-8-10-23-19(14)20(18)24-11-9-21-12-15-13-25-16-4-2-3-5-17(16)26-15/h2-8,10,15,21H,9,11-13H2,1H3/t15-/m1/s1.